The van der Waals surface area contributed by atoms with E-state index in [9.17, 15) is 4.79 Å². The van der Waals surface area contributed by atoms with Crippen LogP contribution in [0.25, 0.3) is 0 Å². The highest BCUT2D eigenvalue weighted by atomic mass is 32.1. The molecular formula is C13H21N3OS. The lowest BCUT2D eigenvalue weighted by molar-refractivity contribution is 0.152. The fourth-order valence-electron chi connectivity index (χ4n) is 2.21. The summed E-state index contributed by atoms with van der Waals surface area (Å²) in [5.74, 6) is 0. The number of carbonyl (C=O) groups excluding carboxylic acids is 1. The van der Waals surface area contributed by atoms with Crippen LogP contribution in [-0.4, -0.2) is 49.1 Å². The van der Waals surface area contributed by atoms with Crippen molar-refractivity contribution in [3.05, 3.63) is 22.4 Å². The van der Waals surface area contributed by atoms with Gasteiger partial charge in [-0.15, -0.1) is 0 Å². The van der Waals surface area contributed by atoms with Gasteiger partial charge in [-0.25, -0.2) is 4.79 Å². The van der Waals surface area contributed by atoms with Crippen molar-refractivity contribution in [1.29, 1.82) is 0 Å². The summed E-state index contributed by atoms with van der Waals surface area (Å²) in [5.41, 5.74) is 1.35. The van der Waals surface area contributed by atoms with Gasteiger partial charge in [-0.3, -0.25) is 0 Å². The van der Waals surface area contributed by atoms with Gasteiger partial charge in [-0.2, -0.15) is 11.3 Å². The van der Waals surface area contributed by atoms with Crippen LogP contribution in [0.1, 0.15) is 18.4 Å². The van der Waals surface area contributed by atoms with Crippen molar-refractivity contribution in [2.45, 2.75) is 25.4 Å². The Bertz CT molecular complexity index is 370. The van der Waals surface area contributed by atoms with E-state index in [1.807, 2.05) is 19.0 Å². The van der Waals surface area contributed by atoms with E-state index in [1.165, 1.54) is 5.56 Å². The Morgan fingerprint density at radius 2 is 2.22 bits per heavy atom. The van der Waals surface area contributed by atoms with E-state index in [0.29, 0.717) is 6.04 Å². The van der Waals surface area contributed by atoms with Crippen molar-refractivity contribution in [2.24, 2.45) is 0 Å². The zero-order valence-electron chi connectivity index (χ0n) is 11.1. The van der Waals surface area contributed by atoms with E-state index in [0.717, 1.165) is 32.5 Å². The molecule has 0 bridgehead atoms. The van der Waals surface area contributed by atoms with Gasteiger partial charge in [0.1, 0.15) is 0 Å². The normalized spacial score (nSPS) is 16.9. The van der Waals surface area contributed by atoms with Crippen molar-refractivity contribution < 1.29 is 4.79 Å². The number of carbonyl (C=O) groups is 1. The van der Waals surface area contributed by atoms with Crippen molar-refractivity contribution >= 4 is 17.4 Å². The highest BCUT2D eigenvalue weighted by molar-refractivity contribution is 7.07. The fraction of sp³-hybridized carbons (Fsp3) is 0.615. The Kier molecular flexibility index (Phi) is 4.60. The molecule has 1 aromatic rings. The van der Waals surface area contributed by atoms with Gasteiger partial charge < -0.3 is 15.1 Å². The summed E-state index contributed by atoms with van der Waals surface area (Å²) in [6, 6.07) is 2.82. The molecule has 0 unspecified atom stereocenters. The maximum Gasteiger partial charge on any atom is 0.319 e. The van der Waals surface area contributed by atoms with Crippen LogP contribution in [-0.2, 0) is 6.54 Å². The maximum atomic E-state index is 11.8. The molecule has 0 saturated carbocycles. The lowest BCUT2D eigenvalue weighted by Gasteiger charge is -2.34. The Balaban J connectivity index is 1.72. The van der Waals surface area contributed by atoms with E-state index in [4.69, 9.17) is 0 Å². The molecule has 0 aliphatic carbocycles. The zero-order chi connectivity index (χ0) is 13.0. The predicted molar refractivity (Wildman–Crippen MR) is 74.8 cm³/mol. The van der Waals surface area contributed by atoms with E-state index < -0.39 is 0 Å². The molecule has 1 fully saturated rings. The highest BCUT2D eigenvalue weighted by Gasteiger charge is 2.23. The third kappa shape index (κ3) is 3.46. The first-order chi connectivity index (χ1) is 8.66. The molecule has 1 aliphatic rings. The van der Waals surface area contributed by atoms with E-state index in [1.54, 1.807) is 16.2 Å². The highest BCUT2D eigenvalue weighted by Crippen LogP contribution is 2.13. The molecule has 4 nitrogen and oxygen atoms in total. The van der Waals surface area contributed by atoms with Crippen LogP contribution in [0, 0.1) is 0 Å². The van der Waals surface area contributed by atoms with Gasteiger partial charge in [0.05, 0.1) is 0 Å². The number of rotatable bonds is 3. The molecule has 18 heavy (non-hydrogen) atoms. The van der Waals surface area contributed by atoms with Crippen LogP contribution in [0.15, 0.2) is 16.8 Å². The Morgan fingerprint density at radius 1 is 1.50 bits per heavy atom. The van der Waals surface area contributed by atoms with Gasteiger partial charge >= 0.3 is 6.03 Å². The molecule has 2 rings (SSSR count). The van der Waals surface area contributed by atoms with Crippen LogP contribution < -0.4 is 5.32 Å². The number of nitrogens with one attached hydrogen (secondary N) is 1. The molecule has 0 atom stereocenters. The van der Waals surface area contributed by atoms with Gasteiger partial charge in [0.25, 0.3) is 0 Å². The van der Waals surface area contributed by atoms with E-state index in [2.05, 4.69) is 22.1 Å². The number of piperidine rings is 1. The average molecular weight is 267 g/mol. The summed E-state index contributed by atoms with van der Waals surface area (Å²) in [7, 11) is 3.62. The smallest absolute Gasteiger partial charge is 0.319 e. The second-order valence-electron chi connectivity index (χ2n) is 4.95. The predicted octanol–water partition coefficient (Wildman–Crippen LogP) is 1.98. The number of nitrogens with zero attached hydrogens (tertiary/aromatic N) is 2. The Hall–Kier alpha value is -1.07. The van der Waals surface area contributed by atoms with Crippen LogP contribution in [0.3, 0.4) is 0 Å². The molecule has 2 amide bonds. The summed E-state index contributed by atoms with van der Waals surface area (Å²) in [4.78, 5) is 15.4. The lowest BCUT2D eigenvalue weighted by Crippen LogP contribution is -2.47. The second kappa shape index (κ2) is 6.20. The third-order valence-electron chi connectivity index (χ3n) is 3.32. The number of amides is 2. The van der Waals surface area contributed by atoms with Crippen LogP contribution in [0.2, 0.25) is 0 Å². The molecule has 1 saturated heterocycles. The van der Waals surface area contributed by atoms with Crippen molar-refractivity contribution in [3.63, 3.8) is 0 Å². The first-order valence-corrected chi connectivity index (χ1v) is 7.32. The molecule has 0 aromatic carbocycles. The molecule has 0 spiro atoms. The Labute approximate surface area is 113 Å². The lowest BCUT2D eigenvalue weighted by atomic mass is 10.1. The fourth-order valence-corrected chi connectivity index (χ4v) is 2.88. The minimum Gasteiger partial charge on any atom is -0.331 e. The summed E-state index contributed by atoms with van der Waals surface area (Å²) in [6.45, 7) is 2.66. The number of hydrogen-bond acceptors (Lipinski definition) is 3. The minimum absolute atomic E-state index is 0.131. The van der Waals surface area contributed by atoms with Crippen LogP contribution >= 0.6 is 11.3 Å². The summed E-state index contributed by atoms with van der Waals surface area (Å²) in [5, 5.41) is 7.85. The topological polar surface area (TPSA) is 35.6 Å². The molecular weight excluding hydrogens is 246 g/mol. The molecule has 0 radical (unpaired) electrons. The summed E-state index contributed by atoms with van der Waals surface area (Å²) < 4.78 is 0. The van der Waals surface area contributed by atoms with Gasteiger partial charge in [-0.05, 0) is 35.2 Å². The van der Waals surface area contributed by atoms with Gasteiger partial charge in [-0.1, -0.05) is 0 Å². The number of hydrogen-bond donors (Lipinski definition) is 1. The minimum atomic E-state index is 0.131. The van der Waals surface area contributed by atoms with Crippen molar-refractivity contribution in [3.8, 4) is 0 Å². The molecule has 2 heterocycles. The number of thiophene rings is 1. The van der Waals surface area contributed by atoms with Gasteiger partial charge in [0.15, 0.2) is 0 Å². The second-order valence-corrected chi connectivity index (χ2v) is 5.73. The molecule has 1 N–H and O–H groups in total. The molecule has 5 heteroatoms. The van der Waals surface area contributed by atoms with E-state index >= 15 is 0 Å². The summed E-state index contributed by atoms with van der Waals surface area (Å²) in [6.07, 6.45) is 2.09. The third-order valence-corrected chi connectivity index (χ3v) is 4.06. The van der Waals surface area contributed by atoms with Gasteiger partial charge in [0.2, 0.25) is 0 Å². The largest absolute Gasteiger partial charge is 0.331 e. The van der Waals surface area contributed by atoms with Crippen LogP contribution in [0.5, 0.6) is 0 Å². The Morgan fingerprint density at radius 3 is 2.78 bits per heavy atom. The summed E-state index contributed by atoms with van der Waals surface area (Å²) >= 11 is 1.74. The molecule has 1 aromatic heterocycles. The zero-order valence-corrected chi connectivity index (χ0v) is 11.9. The quantitative estimate of drug-likeness (QED) is 0.909. The first-order valence-electron chi connectivity index (χ1n) is 6.37. The monoisotopic (exact) mass is 267 g/mol. The molecule has 1 aliphatic heterocycles. The maximum absolute atomic E-state index is 11.8. The van der Waals surface area contributed by atoms with Crippen LogP contribution in [0.4, 0.5) is 4.79 Å². The number of likely N-dealkylation sites (tertiary alicyclic amines) is 1. The SMILES string of the molecule is CN(C)C(=O)N1CCC(NCc2ccsc2)CC1. The standard InChI is InChI=1S/C13H21N3OS/c1-15(2)13(17)16-6-3-12(4-7-16)14-9-11-5-8-18-10-11/h5,8,10,12,14H,3-4,6-7,9H2,1-2H3. The molecule has 100 valence electrons. The number of urea groups is 1. The van der Waals surface area contributed by atoms with E-state index in [-0.39, 0.29) is 6.03 Å². The van der Waals surface area contributed by atoms with Gasteiger partial charge in [0, 0.05) is 39.8 Å². The average Bonchev–Trinajstić information content (AvgIpc) is 2.89. The van der Waals surface area contributed by atoms with Crippen molar-refractivity contribution in [1.82, 2.24) is 15.1 Å². The van der Waals surface area contributed by atoms with Crippen molar-refractivity contribution in [2.75, 3.05) is 27.2 Å². The first kappa shape index (κ1) is 13.4.